The Kier molecular flexibility index (Phi) is 5.18. The normalized spacial score (nSPS) is 33.2. The van der Waals surface area contributed by atoms with Crippen molar-refractivity contribution in [3.05, 3.63) is 60.2 Å². The number of hydrogen-bond acceptors (Lipinski definition) is 3. The minimum absolute atomic E-state index is 0.00694. The Morgan fingerprint density at radius 1 is 1.13 bits per heavy atom. The van der Waals surface area contributed by atoms with E-state index in [4.69, 9.17) is 4.74 Å². The highest BCUT2D eigenvalue weighted by molar-refractivity contribution is 5.75. The third-order valence-electron chi connectivity index (χ3n) is 7.51. The van der Waals surface area contributed by atoms with Gasteiger partial charge in [0.2, 0.25) is 0 Å². The number of halogens is 1. The predicted molar refractivity (Wildman–Crippen MR) is 115 cm³/mol. The molecule has 1 aromatic carbocycles. The highest BCUT2D eigenvalue weighted by atomic mass is 19.1. The monoisotopic (exact) mass is 405 g/mol. The fourth-order valence-electron chi connectivity index (χ4n) is 6.14. The van der Waals surface area contributed by atoms with E-state index in [1.54, 1.807) is 12.3 Å². The Morgan fingerprint density at radius 3 is 2.80 bits per heavy atom. The smallest absolute Gasteiger partial charge is 0.309 e. The van der Waals surface area contributed by atoms with Gasteiger partial charge in [0.15, 0.2) is 0 Å². The molecule has 3 aliphatic rings. The van der Waals surface area contributed by atoms with Crippen LogP contribution in [0.4, 0.5) is 4.39 Å². The van der Waals surface area contributed by atoms with Crippen LogP contribution in [0.15, 0.2) is 48.7 Å². The summed E-state index contributed by atoms with van der Waals surface area (Å²) in [6.45, 7) is 2.05. The fraction of sp³-hybridized carbons (Fsp3) is 0.462. The van der Waals surface area contributed by atoms with Crippen LogP contribution in [0.5, 0.6) is 0 Å². The van der Waals surface area contributed by atoms with Crippen molar-refractivity contribution in [3.8, 4) is 11.1 Å². The van der Waals surface area contributed by atoms with Gasteiger partial charge in [-0.1, -0.05) is 43.5 Å². The molecule has 0 radical (unpaired) electrons. The van der Waals surface area contributed by atoms with E-state index in [-0.39, 0.29) is 29.7 Å². The van der Waals surface area contributed by atoms with Crippen molar-refractivity contribution in [1.82, 2.24) is 4.98 Å². The number of hydrogen-bond donors (Lipinski definition) is 0. The largest absolute Gasteiger partial charge is 0.462 e. The third-order valence-corrected chi connectivity index (χ3v) is 7.51. The highest BCUT2D eigenvalue weighted by Gasteiger charge is 2.53. The quantitative estimate of drug-likeness (QED) is 0.597. The summed E-state index contributed by atoms with van der Waals surface area (Å²) >= 11 is 0. The predicted octanol–water partition coefficient (Wildman–Crippen LogP) is 5.90. The summed E-state index contributed by atoms with van der Waals surface area (Å²) < 4.78 is 19.1. The second-order valence-electron chi connectivity index (χ2n) is 9.19. The van der Waals surface area contributed by atoms with Gasteiger partial charge >= 0.3 is 5.97 Å². The molecule has 0 bridgehead atoms. The number of carbonyl (C=O) groups is 1. The topological polar surface area (TPSA) is 39.2 Å². The van der Waals surface area contributed by atoms with Crippen molar-refractivity contribution in [2.75, 3.05) is 0 Å². The summed E-state index contributed by atoms with van der Waals surface area (Å²) in [6, 6.07) is 10.5. The van der Waals surface area contributed by atoms with Crippen molar-refractivity contribution in [2.24, 2.45) is 29.6 Å². The molecule has 30 heavy (non-hydrogen) atoms. The maximum absolute atomic E-state index is 13.5. The number of ether oxygens (including phenoxy) is 1. The molecule has 1 saturated heterocycles. The zero-order valence-electron chi connectivity index (χ0n) is 17.3. The summed E-state index contributed by atoms with van der Waals surface area (Å²) in [5.74, 6) is 1.73. The van der Waals surface area contributed by atoms with Crippen LogP contribution in [-0.4, -0.2) is 17.1 Å². The molecule has 3 unspecified atom stereocenters. The molecule has 156 valence electrons. The van der Waals surface area contributed by atoms with E-state index >= 15 is 0 Å². The third kappa shape index (κ3) is 3.57. The number of rotatable bonds is 3. The van der Waals surface area contributed by atoms with Gasteiger partial charge in [-0.05, 0) is 67.4 Å². The molecule has 4 heteroatoms. The highest BCUT2D eigenvalue weighted by Crippen LogP contribution is 2.53. The summed E-state index contributed by atoms with van der Waals surface area (Å²) in [5.41, 5.74) is 2.62. The van der Waals surface area contributed by atoms with Crippen LogP contribution >= 0.6 is 0 Å². The number of fused-ring (bicyclic) bond motifs is 2. The molecule has 3 nitrogen and oxygen atoms in total. The van der Waals surface area contributed by atoms with Crippen LogP contribution < -0.4 is 0 Å². The van der Waals surface area contributed by atoms with Crippen LogP contribution in [0.25, 0.3) is 17.2 Å². The van der Waals surface area contributed by atoms with Gasteiger partial charge in [0.05, 0.1) is 11.6 Å². The average Bonchev–Trinajstić information content (AvgIpc) is 3.05. The first-order chi connectivity index (χ1) is 14.6. The van der Waals surface area contributed by atoms with Gasteiger partial charge in [0.1, 0.15) is 11.9 Å². The molecule has 5 rings (SSSR count). The van der Waals surface area contributed by atoms with E-state index < -0.39 is 0 Å². The lowest BCUT2D eigenvalue weighted by Crippen LogP contribution is -2.42. The van der Waals surface area contributed by atoms with Gasteiger partial charge in [-0.2, -0.15) is 0 Å². The Labute approximate surface area is 177 Å². The molecule has 2 saturated carbocycles. The minimum atomic E-state index is -0.243. The Morgan fingerprint density at radius 2 is 2.00 bits per heavy atom. The maximum Gasteiger partial charge on any atom is 0.309 e. The number of aromatic nitrogens is 1. The molecule has 2 aliphatic carbocycles. The van der Waals surface area contributed by atoms with E-state index in [0.717, 1.165) is 23.2 Å². The van der Waals surface area contributed by atoms with Crippen LogP contribution in [0.2, 0.25) is 0 Å². The molecule has 3 fully saturated rings. The molecular weight excluding hydrogens is 377 g/mol. The SMILES string of the molecule is C[C@@H]1OC(=O)C2CC3CCCC[C@H]3C(/C=C/c3ccc(-c4cccc(F)c4)cn3)[C@H]21. The fourth-order valence-corrected chi connectivity index (χ4v) is 6.14. The second-order valence-corrected chi connectivity index (χ2v) is 9.19. The molecule has 0 amide bonds. The first kappa shape index (κ1) is 19.5. The van der Waals surface area contributed by atoms with Crippen molar-refractivity contribution in [3.63, 3.8) is 0 Å². The van der Waals surface area contributed by atoms with Gasteiger partial charge in [-0.15, -0.1) is 0 Å². The van der Waals surface area contributed by atoms with Crippen LogP contribution in [0.1, 0.15) is 44.7 Å². The van der Waals surface area contributed by atoms with E-state index in [1.807, 2.05) is 18.2 Å². The number of esters is 1. The first-order valence-electron chi connectivity index (χ1n) is 11.2. The van der Waals surface area contributed by atoms with Crippen LogP contribution in [-0.2, 0) is 9.53 Å². The molecular formula is C26H28FNO2. The second kappa shape index (κ2) is 7.98. The maximum atomic E-state index is 13.5. The molecule has 1 aromatic heterocycles. The van der Waals surface area contributed by atoms with Crippen molar-refractivity contribution < 1.29 is 13.9 Å². The van der Waals surface area contributed by atoms with Gasteiger partial charge in [-0.25, -0.2) is 4.39 Å². The summed E-state index contributed by atoms with van der Waals surface area (Å²) in [4.78, 5) is 17.0. The Hall–Kier alpha value is -2.49. The average molecular weight is 406 g/mol. The minimum Gasteiger partial charge on any atom is -0.462 e. The number of carbonyl (C=O) groups excluding carboxylic acids is 1. The molecule has 2 heterocycles. The lowest BCUT2D eigenvalue weighted by atomic mass is 9.57. The first-order valence-corrected chi connectivity index (χ1v) is 11.2. The summed E-state index contributed by atoms with van der Waals surface area (Å²) in [6.07, 6.45) is 12.2. The zero-order chi connectivity index (χ0) is 20.7. The van der Waals surface area contributed by atoms with E-state index in [2.05, 4.69) is 24.1 Å². The summed E-state index contributed by atoms with van der Waals surface area (Å²) in [7, 11) is 0. The van der Waals surface area contributed by atoms with Gasteiger partial charge in [-0.3, -0.25) is 9.78 Å². The zero-order valence-corrected chi connectivity index (χ0v) is 17.3. The van der Waals surface area contributed by atoms with Crippen molar-refractivity contribution in [1.29, 1.82) is 0 Å². The van der Waals surface area contributed by atoms with E-state index in [1.165, 1.54) is 37.8 Å². The van der Waals surface area contributed by atoms with E-state index in [9.17, 15) is 9.18 Å². The van der Waals surface area contributed by atoms with E-state index in [0.29, 0.717) is 17.8 Å². The van der Waals surface area contributed by atoms with Crippen molar-refractivity contribution >= 4 is 12.0 Å². The van der Waals surface area contributed by atoms with Crippen molar-refractivity contribution in [2.45, 2.75) is 45.1 Å². The lowest BCUT2D eigenvalue weighted by molar-refractivity contribution is -0.144. The molecule has 6 atom stereocenters. The summed E-state index contributed by atoms with van der Waals surface area (Å²) in [5, 5.41) is 0. The lowest BCUT2D eigenvalue weighted by Gasteiger charge is -2.45. The number of benzene rings is 1. The van der Waals surface area contributed by atoms with Crippen LogP contribution in [0, 0.1) is 35.4 Å². The number of allylic oxidation sites excluding steroid dienone is 1. The Bertz CT molecular complexity index is 954. The number of nitrogens with zero attached hydrogens (tertiary/aromatic N) is 1. The van der Waals surface area contributed by atoms with Gasteiger partial charge < -0.3 is 4.74 Å². The molecule has 1 aliphatic heterocycles. The molecule has 2 aromatic rings. The van der Waals surface area contributed by atoms with Gasteiger partial charge in [0, 0.05) is 17.7 Å². The number of pyridine rings is 1. The van der Waals surface area contributed by atoms with Crippen LogP contribution in [0.3, 0.4) is 0 Å². The molecule has 0 spiro atoms. The Balaban J connectivity index is 1.39. The molecule has 0 N–H and O–H groups in total. The van der Waals surface area contributed by atoms with Gasteiger partial charge in [0.25, 0.3) is 0 Å². The standard InChI is InChI=1S/C26H28FNO2/c1-16-25-23(22-8-3-2-5-18(22)14-24(25)26(29)30-16)12-11-21-10-9-19(15-28-21)17-6-4-7-20(27)13-17/h4,6-7,9-13,15-16,18,22-25H,2-3,5,8,14H2,1H3/b12-11+/t16-,18?,22+,23?,24?,25+/m0/s1. The number of cyclic esters (lactones) is 1.